The smallest absolute Gasteiger partial charge is 0.322 e. The number of methoxy groups -OCH3 is 1. The van der Waals surface area contributed by atoms with Gasteiger partial charge in [0.2, 0.25) is 0 Å². The van der Waals surface area contributed by atoms with Crippen LogP contribution in [-0.4, -0.2) is 54.0 Å². The number of aromatic nitrogens is 2. The van der Waals surface area contributed by atoms with Crippen LogP contribution in [0.4, 0.5) is 16.3 Å². The Hall–Kier alpha value is -3.81. The number of carbonyl (C=O) groups is 1. The van der Waals surface area contributed by atoms with Gasteiger partial charge in [0.05, 0.1) is 18.5 Å². The molecule has 1 aliphatic heterocycles. The Morgan fingerprint density at radius 1 is 0.968 bits per heavy atom. The Morgan fingerprint density at radius 2 is 1.68 bits per heavy atom. The van der Waals surface area contributed by atoms with E-state index in [1.54, 1.807) is 18.1 Å². The van der Waals surface area contributed by atoms with Crippen molar-refractivity contribution in [3.8, 4) is 11.4 Å². The highest BCUT2D eigenvalue weighted by Gasteiger charge is 2.23. The summed E-state index contributed by atoms with van der Waals surface area (Å²) in [5.41, 5.74) is 2.31. The van der Waals surface area contributed by atoms with Crippen molar-refractivity contribution in [2.45, 2.75) is 6.92 Å². The number of rotatable bonds is 4. The van der Waals surface area contributed by atoms with Gasteiger partial charge in [-0.05, 0) is 37.3 Å². The van der Waals surface area contributed by atoms with Gasteiger partial charge >= 0.3 is 6.03 Å². The van der Waals surface area contributed by atoms with E-state index in [1.807, 2.05) is 55.5 Å². The van der Waals surface area contributed by atoms with E-state index < -0.39 is 0 Å². The molecule has 1 aromatic heterocycles. The number of anilines is 2. The number of para-hydroxylation sites is 2. The van der Waals surface area contributed by atoms with Crippen LogP contribution in [0, 0.1) is 6.92 Å². The third-order valence-electron chi connectivity index (χ3n) is 5.30. The average Bonchev–Trinajstić information content (AvgIpc) is 2.80. The fourth-order valence-corrected chi connectivity index (χ4v) is 3.52. The van der Waals surface area contributed by atoms with Crippen molar-refractivity contribution < 1.29 is 9.53 Å². The van der Waals surface area contributed by atoms with Gasteiger partial charge in [-0.15, -0.1) is 5.10 Å². The molecule has 0 spiro atoms. The SMILES string of the molecule is COc1ccccc1NC(=O)N1CCN(c2ccc(=O)n(-c3ccc(C)cc3)n2)CC1. The summed E-state index contributed by atoms with van der Waals surface area (Å²) in [7, 11) is 1.58. The monoisotopic (exact) mass is 419 g/mol. The van der Waals surface area contributed by atoms with Crippen LogP contribution in [0.3, 0.4) is 0 Å². The zero-order valence-electron chi connectivity index (χ0n) is 17.6. The number of nitrogens with zero attached hydrogens (tertiary/aromatic N) is 4. The number of ether oxygens (including phenoxy) is 1. The summed E-state index contributed by atoms with van der Waals surface area (Å²) in [6.45, 7) is 4.34. The summed E-state index contributed by atoms with van der Waals surface area (Å²) in [4.78, 5) is 28.8. The second kappa shape index (κ2) is 8.91. The fraction of sp³-hybridized carbons (Fsp3) is 0.261. The van der Waals surface area contributed by atoms with Gasteiger partial charge in [0.25, 0.3) is 5.56 Å². The number of benzene rings is 2. The number of urea groups is 1. The van der Waals surface area contributed by atoms with E-state index in [1.165, 1.54) is 10.7 Å². The number of piperazine rings is 1. The minimum Gasteiger partial charge on any atom is -0.495 e. The first-order chi connectivity index (χ1) is 15.0. The molecule has 4 rings (SSSR count). The molecule has 0 radical (unpaired) electrons. The van der Waals surface area contributed by atoms with Crippen molar-refractivity contribution in [2.24, 2.45) is 0 Å². The van der Waals surface area contributed by atoms with E-state index in [0.29, 0.717) is 43.4 Å². The minimum absolute atomic E-state index is 0.165. The Bertz CT molecular complexity index is 1120. The fourth-order valence-electron chi connectivity index (χ4n) is 3.52. The first-order valence-corrected chi connectivity index (χ1v) is 10.2. The zero-order valence-corrected chi connectivity index (χ0v) is 17.6. The second-order valence-corrected chi connectivity index (χ2v) is 7.38. The van der Waals surface area contributed by atoms with Gasteiger partial charge < -0.3 is 19.9 Å². The lowest BCUT2D eigenvalue weighted by Crippen LogP contribution is -2.50. The number of hydrogen-bond acceptors (Lipinski definition) is 5. The molecule has 0 unspecified atom stereocenters. The van der Waals surface area contributed by atoms with Crippen LogP contribution in [0.5, 0.6) is 5.75 Å². The summed E-state index contributed by atoms with van der Waals surface area (Å²) in [6, 6.07) is 18.1. The molecular weight excluding hydrogens is 394 g/mol. The quantitative estimate of drug-likeness (QED) is 0.703. The van der Waals surface area contributed by atoms with Crippen molar-refractivity contribution in [3.05, 3.63) is 76.6 Å². The van der Waals surface area contributed by atoms with Crippen molar-refractivity contribution in [1.29, 1.82) is 0 Å². The molecule has 1 N–H and O–H groups in total. The lowest BCUT2D eigenvalue weighted by molar-refractivity contribution is 0.208. The summed E-state index contributed by atoms with van der Waals surface area (Å²) >= 11 is 0. The molecule has 2 heterocycles. The summed E-state index contributed by atoms with van der Waals surface area (Å²) < 4.78 is 6.71. The minimum atomic E-state index is -0.178. The first-order valence-electron chi connectivity index (χ1n) is 10.2. The highest BCUT2D eigenvalue weighted by Crippen LogP contribution is 2.23. The predicted octanol–water partition coefficient (Wildman–Crippen LogP) is 2.90. The maximum Gasteiger partial charge on any atom is 0.322 e. The summed E-state index contributed by atoms with van der Waals surface area (Å²) in [6.07, 6.45) is 0. The van der Waals surface area contributed by atoms with Crippen LogP contribution in [0.25, 0.3) is 5.69 Å². The van der Waals surface area contributed by atoms with E-state index in [2.05, 4.69) is 15.3 Å². The van der Waals surface area contributed by atoms with Gasteiger partial charge in [0.1, 0.15) is 11.6 Å². The van der Waals surface area contributed by atoms with Crippen LogP contribution >= 0.6 is 0 Å². The van der Waals surface area contributed by atoms with Crippen LogP contribution in [0.15, 0.2) is 65.5 Å². The van der Waals surface area contributed by atoms with Crippen LogP contribution in [0.2, 0.25) is 0 Å². The van der Waals surface area contributed by atoms with Crippen molar-refractivity contribution in [3.63, 3.8) is 0 Å². The zero-order chi connectivity index (χ0) is 21.8. The Morgan fingerprint density at radius 3 is 2.39 bits per heavy atom. The largest absolute Gasteiger partial charge is 0.495 e. The van der Waals surface area contributed by atoms with E-state index in [-0.39, 0.29) is 11.6 Å². The second-order valence-electron chi connectivity index (χ2n) is 7.38. The van der Waals surface area contributed by atoms with Crippen molar-refractivity contribution >= 4 is 17.5 Å². The Kier molecular flexibility index (Phi) is 5.88. The number of aryl methyl sites for hydroxylation is 1. The maximum atomic E-state index is 12.7. The molecule has 0 bridgehead atoms. The Balaban J connectivity index is 1.43. The van der Waals surface area contributed by atoms with E-state index in [0.717, 1.165) is 11.3 Å². The normalized spacial score (nSPS) is 13.7. The molecule has 1 aliphatic rings. The number of amides is 2. The molecule has 1 fully saturated rings. The van der Waals surface area contributed by atoms with Gasteiger partial charge in [-0.3, -0.25) is 4.79 Å². The topological polar surface area (TPSA) is 79.7 Å². The van der Waals surface area contributed by atoms with Crippen LogP contribution in [0.1, 0.15) is 5.56 Å². The molecule has 2 amide bonds. The first kappa shape index (κ1) is 20.5. The standard InChI is InChI=1S/C23H25N5O3/c1-17-7-9-18(10-8-17)28-22(29)12-11-21(25-28)26-13-15-27(16-14-26)23(30)24-19-5-3-4-6-20(19)31-2/h3-12H,13-16H2,1-2H3,(H,24,30). The molecule has 8 nitrogen and oxygen atoms in total. The maximum absolute atomic E-state index is 12.7. The highest BCUT2D eigenvalue weighted by atomic mass is 16.5. The number of hydrogen-bond donors (Lipinski definition) is 1. The summed E-state index contributed by atoms with van der Waals surface area (Å²) in [5.74, 6) is 1.34. The average molecular weight is 419 g/mol. The van der Waals surface area contributed by atoms with Crippen molar-refractivity contribution in [2.75, 3.05) is 43.5 Å². The molecule has 0 saturated carbocycles. The molecule has 160 valence electrons. The predicted molar refractivity (Wildman–Crippen MR) is 120 cm³/mol. The van der Waals surface area contributed by atoms with E-state index >= 15 is 0 Å². The van der Waals surface area contributed by atoms with Gasteiger partial charge in [0.15, 0.2) is 0 Å². The third-order valence-corrected chi connectivity index (χ3v) is 5.30. The number of nitrogens with one attached hydrogen (secondary N) is 1. The molecule has 0 atom stereocenters. The number of carbonyl (C=O) groups excluding carboxylic acids is 1. The Labute approximate surface area is 180 Å². The molecule has 1 saturated heterocycles. The highest BCUT2D eigenvalue weighted by molar-refractivity contribution is 5.91. The van der Waals surface area contributed by atoms with E-state index in [4.69, 9.17) is 4.74 Å². The summed E-state index contributed by atoms with van der Waals surface area (Å²) in [5, 5.41) is 7.46. The molecule has 3 aromatic rings. The van der Waals surface area contributed by atoms with Crippen LogP contribution in [-0.2, 0) is 0 Å². The lowest BCUT2D eigenvalue weighted by Gasteiger charge is -2.35. The molecule has 31 heavy (non-hydrogen) atoms. The molecular formula is C23H25N5O3. The van der Waals surface area contributed by atoms with Gasteiger partial charge in [0, 0.05) is 32.2 Å². The molecule has 0 aliphatic carbocycles. The molecule has 8 heteroatoms. The van der Waals surface area contributed by atoms with Gasteiger partial charge in [-0.2, -0.15) is 4.68 Å². The van der Waals surface area contributed by atoms with Gasteiger partial charge in [-0.25, -0.2) is 4.79 Å². The third kappa shape index (κ3) is 4.53. The van der Waals surface area contributed by atoms with E-state index in [9.17, 15) is 9.59 Å². The van der Waals surface area contributed by atoms with Crippen molar-refractivity contribution in [1.82, 2.24) is 14.7 Å². The molecule has 2 aromatic carbocycles. The van der Waals surface area contributed by atoms with Gasteiger partial charge in [-0.1, -0.05) is 29.8 Å². The lowest BCUT2D eigenvalue weighted by atomic mass is 10.2. The van der Waals surface area contributed by atoms with Crippen LogP contribution < -0.4 is 20.5 Å².